The molecule has 0 atom stereocenters. The maximum absolute atomic E-state index is 12.5. The summed E-state index contributed by atoms with van der Waals surface area (Å²) < 4.78 is 2.17. The molecule has 1 N–H and O–H groups in total. The van der Waals surface area contributed by atoms with E-state index >= 15 is 0 Å². The Kier molecular flexibility index (Phi) is 5.97. The number of carbonyl (C=O) groups excluding carboxylic acids is 1. The van der Waals surface area contributed by atoms with Crippen LogP contribution in [-0.4, -0.2) is 20.7 Å². The Balaban J connectivity index is 1.58. The zero-order valence-electron chi connectivity index (χ0n) is 15.7. The second kappa shape index (κ2) is 8.80. The summed E-state index contributed by atoms with van der Waals surface area (Å²) in [4.78, 5) is 12.5. The minimum Gasteiger partial charge on any atom is -0.322 e. The molecule has 5 nitrogen and oxygen atoms in total. The first-order valence-electron chi connectivity index (χ1n) is 9.57. The maximum atomic E-state index is 12.5. The fourth-order valence-corrected chi connectivity index (χ4v) is 3.81. The molecule has 0 saturated carbocycles. The highest BCUT2D eigenvalue weighted by Crippen LogP contribution is 2.29. The highest BCUT2D eigenvalue weighted by Gasteiger charge is 2.18. The van der Waals surface area contributed by atoms with Crippen LogP contribution in [0.5, 0.6) is 0 Å². The van der Waals surface area contributed by atoms with Crippen molar-refractivity contribution in [3.05, 3.63) is 70.0 Å². The van der Waals surface area contributed by atoms with Crippen molar-refractivity contribution in [2.45, 2.75) is 32.2 Å². The van der Waals surface area contributed by atoms with E-state index < -0.39 is 0 Å². The van der Waals surface area contributed by atoms with Crippen LogP contribution < -0.4 is 5.32 Å². The maximum Gasteiger partial charge on any atom is 0.248 e. The fourth-order valence-electron chi connectivity index (χ4n) is 3.45. The van der Waals surface area contributed by atoms with Crippen molar-refractivity contribution in [3.8, 4) is 11.4 Å². The molecule has 0 bridgehead atoms. The molecule has 2 heterocycles. The Hall–Kier alpha value is -2.63. The van der Waals surface area contributed by atoms with Gasteiger partial charge >= 0.3 is 0 Å². The molecule has 2 aromatic carbocycles. The van der Waals surface area contributed by atoms with Crippen LogP contribution in [0, 0.1) is 0 Å². The summed E-state index contributed by atoms with van der Waals surface area (Å²) in [6.07, 6.45) is 7.46. The van der Waals surface area contributed by atoms with Crippen molar-refractivity contribution < 1.29 is 4.79 Å². The Morgan fingerprint density at radius 1 is 1.07 bits per heavy atom. The average molecular weight is 427 g/mol. The summed E-state index contributed by atoms with van der Waals surface area (Å²) in [5.74, 6) is 1.54. The largest absolute Gasteiger partial charge is 0.322 e. The van der Waals surface area contributed by atoms with Gasteiger partial charge in [0.2, 0.25) is 5.91 Å². The van der Waals surface area contributed by atoms with E-state index in [2.05, 4.69) is 20.1 Å². The number of carbonyl (C=O) groups is 1. The molecule has 0 fully saturated rings. The predicted molar refractivity (Wildman–Crippen MR) is 117 cm³/mol. The summed E-state index contributed by atoms with van der Waals surface area (Å²) in [7, 11) is 0. The molecule has 29 heavy (non-hydrogen) atoms. The molecule has 4 rings (SSSR count). The first-order valence-corrected chi connectivity index (χ1v) is 10.3. The summed E-state index contributed by atoms with van der Waals surface area (Å²) in [5.41, 5.74) is 2.24. The molecule has 1 aliphatic rings. The quantitative estimate of drug-likeness (QED) is 0.549. The monoisotopic (exact) mass is 426 g/mol. The van der Waals surface area contributed by atoms with Crippen LogP contribution in [0.3, 0.4) is 0 Å². The molecule has 148 valence electrons. The van der Waals surface area contributed by atoms with Crippen LogP contribution in [0.1, 0.15) is 30.7 Å². The van der Waals surface area contributed by atoms with Crippen LogP contribution in [0.4, 0.5) is 5.69 Å². The number of fused-ring (bicyclic) bond motifs is 1. The lowest BCUT2D eigenvalue weighted by Gasteiger charge is -2.11. The van der Waals surface area contributed by atoms with Crippen LogP contribution >= 0.6 is 23.2 Å². The molecule has 1 aliphatic heterocycles. The highest BCUT2D eigenvalue weighted by molar-refractivity contribution is 6.34. The van der Waals surface area contributed by atoms with E-state index in [-0.39, 0.29) is 5.91 Å². The van der Waals surface area contributed by atoms with Gasteiger partial charge in [-0.15, -0.1) is 10.2 Å². The molecule has 1 aromatic heterocycles. The van der Waals surface area contributed by atoms with E-state index in [0.29, 0.717) is 21.3 Å². The number of benzene rings is 2. The zero-order valence-corrected chi connectivity index (χ0v) is 17.2. The Morgan fingerprint density at radius 3 is 2.83 bits per heavy atom. The lowest BCUT2D eigenvalue weighted by molar-refractivity contribution is -0.111. The van der Waals surface area contributed by atoms with E-state index in [1.807, 2.05) is 24.3 Å². The number of aromatic nitrogens is 3. The molecule has 0 saturated heterocycles. The number of rotatable bonds is 4. The van der Waals surface area contributed by atoms with Crippen molar-refractivity contribution in [3.63, 3.8) is 0 Å². The molecule has 0 spiro atoms. The number of anilines is 1. The normalized spacial score (nSPS) is 13.9. The minimum absolute atomic E-state index is 0.260. The Bertz CT molecular complexity index is 1070. The van der Waals surface area contributed by atoms with Gasteiger partial charge in [-0.3, -0.25) is 4.79 Å². The molecular formula is C22H20Cl2N4O. The summed E-state index contributed by atoms with van der Waals surface area (Å²) >= 11 is 12.2. The lowest BCUT2D eigenvalue weighted by Crippen LogP contribution is -2.10. The number of halogens is 2. The zero-order chi connectivity index (χ0) is 20.2. The van der Waals surface area contributed by atoms with Crippen molar-refractivity contribution >= 4 is 40.9 Å². The number of nitrogens with one attached hydrogen (secondary N) is 1. The first-order chi connectivity index (χ1) is 14.1. The predicted octanol–water partition coefficient (Wildman–Crippen LogP) is 5.63. The molecule has 0 aliphatic carbocycles. The van der Waals surface area contributed by atoms with Gasteiger partial charge in [-0.25, -0.2) is 0 Å². The van der Waals surface area contributed by atoms with Gasteiger partial charge in [0.25, 0.3) is 0 Å². The van der Waals surface area contributed by atoms with Gasteiger partial charge in [-0.05, 0) is 54.8 Å². The van der Waals surface area contributed by atoms with Crippen molar-refractivity contribution in [2.75, 3.05) is 5.32 Å². The third-order valence-electron chi connectivity index (χ3n) is 4.91. The average Bonchev–Trinajstić information content (AvgIpc) is 2.97. The van der Waals surface area contributed by atoms with Crippen LogP contribution in [0.25, 0.3) is 17.5 Å². The number of hydrogen-bond donors (Lipinski definition) is 1. The summed E-state index contributed by atoms with van der Waals surface area (Å²) in [6, 6.07) is 12.8. The number of nitrogens with zero attached hydrogens (tertiary/aromatic N) is 3. The third kappa shape index (κ3) is 4.52. The van der Waals surface area contributed by atoms with Gasteiger partial charge in [-0.2, -0.15) is 0 Å². The standard InChI is InChI=1S/C22H20Cl2N4O/c23-16-10-11-18(24)15(14-16)9-12-21(29)25-19-7-4-3-6-17(19)22-27-26-20-8-2-1-5-13-28(20)22/h3-4,6-7,9-12,14H,1-2,5,8,13H2,(H,25,29). The van der Waals surface area contributed by atoms with Crippen molar-refractivity contribution in [1.82, 2.24) is 14.8 Å². The van der Waals surface area contributed by atoms with E-state index in [0.717, 1.165) is 43.0 Å². The first kappa shape index (κ1) is 19.7. The minimum atomic E-state index is -0.260. The fraction of sp³-hybridized carbons (Fsp3) is 0.227. The molecule has 7 heteroatoms. The molecular weight excluding hydrogens is 407 g/mol. The molecule has 0 unspecified atom stereocenters. The lowest BCUT2D eigenvalue weighted by atomic mass is 10.1. The summed E-state index contributed by atoms with van der Waals surface area (Å²) in [6.45, 7) is 0.896. The SMILES string of the molecule is O=C(C=Cc1cc(Cl)ccc1Cl)Nc1ccccc1-c1nnc2n1CCCCC2. The van der Waals surface area contributed by atoms with Crippen LogP contribution in [-0.2, 0) is 17.8 Å². The number of hydrogen-bond acceptors (Lipinski definition) is 3. The Labute approximate surface area is 179 Å². The Morgan fingerprint density at radius 2 is 1.93 bits per heavy atom. The second-order valence-corrected chi connectivity index (χ2v) is 7.78. The third-order valence-corrected chi connectivity index (χ3v) is 5.49. The summed E-state index contributed by atoms with van der Waals surface area (Å²) in [5, 5.41) is 12.8. The molecule has 3 aromatic rings. The van der Waals surface area contributed by atoms with Gasteiger partial charge in [0.1, 0.15) is 5.82 Å². The number of para-hydroxylation sites is 1. The van der Waals surface area contributed by atoms with Crippen molar-refractivity contribution in [1.29, 1.82) is 0 Å². The number of aryl methyl sites for hydroxylation is 1. The highest BCUT2D eigenvalue weighted by atomic mass is 35.5. The molecule has 0 radical (unpaired) electrons. The topological polar surface area (TPSA) is 59.8 Å². The van der Waals surface area contributed by atoms with Gasteiger partial charge in [0.15, 0.2) is 5.82 Å². The van der Waals surface area contributed by atoms with E-state index in [4.69, 9.17) is 23.2 Å². The van der Waals surface area contributed by atoms with Crippen LogP contribution in [0.2, 0.25) is 10.0 Å². The number of amides is 1. The van der Waals surface area contributed by atoms with Crippen molar-refractivity contribution in [2.24, 2.45) is 0 Å². The van der Waals surface area contributed by atoms with Crippen LogP contribution in [0.15, 0.2) is 48.5 Å². The van der Waals surface area contributed by atoms with E-state index in [9.17, 15) is 4.79 Å². The van der Waals surface area contributed by atoms with Gasteiger partial charge in [0.05, 0.1) is 5.69 Å². The van der Waals surface area contributed by atoms with Gasteiger partial charge in [0, 0.05) is 34.7 Å². The van der Waals surface area contributed by atoms with E-state index in [1.54, 1.807) is 24.3 Å². The smallest absolute Gasteiger partial charge is 0.248 e. The molecule has 1 amide bonds. The second-order valence-electron chi connectivity index (χ2n) is 6.94. The van der Waals surface area contributed by atoms with Gasteiger partial charge in [-0.1, -0.05) is 41.8 Å². The van der Waals surface area contributed by atoms with Gasteiger partial charge < -0.3 is 9.88 Å². The van der Waals surface area contributed by atoms with E-state index in [1.165, 1.54) is 12.5 Å².